The van der Waals surface area contributed by atoms with Gasteiger partial charge in [0.05, 0.1) is 5.54 Å². The van der Waals surface area contributed by atoms with Gasteiger partial charge >= 0.3 is 0 Å². The van der Waals surface area contributed by atoms with Crippen LogP contribution in [0.4, 0.5) is 0 Å². The lowest BCUT2D eigenvalue weighted by molar-refractivity contribution is -0.120. The number of hydrogen-bond acceptors (Lipinski definition) is 2. The monoisotopic (exact) mass is 170 g/mol. The Labute approximate surface area is 74.2 Å². The normalized spacial score (nSPS) is 15.0. The van der Waals surface area contributed by atoms with E-state index in [1.54, 1.807) is 0 Å². The topological polar surface area (TPSA) is 41.1 Å². The Morgan fingerprint density at radius 1 is 1.50 bits per heavy atom. The summed E-state index contributed by atoms with van der Waals surface area (Å²) < 4.78 is 0. The van der Waals surface area contributed by atoms with Crippen LogP contribution in [0.3, 0.4) is 0 Å². The van der Waals surface area contributed by atoms with E-state index < -0.39 is 0 Å². The fraction of sp³-hybridized carbons (Fsp3) is 0.667. The van der Waals surface area contributed by atoms with E-state index in [2.05, 4.69) is 17.2 Å². The highest BCUT2D eigenvalue weighted by Crippen LogP contribution is 2.12. The third-order valence-electron chi connectivity index (χ3n) is 1.92. The van der Waals surface area contributed by atoms with Gasteiger partial charge in [-0.15, -0.1) is 0 Å². The van der Waals surface area contributed by atoms with Crippen LogP contribution in [0.25, 0.3) is 0 Å². The molecule has 0 saturated heterocycles. The van der Waals surface area contributed by atoms with Gasteiger partial charge in [0.2, 0.25) is 5.91 Å². The van der Waals surface area contributed by atoms with Crippen LogP contribution in [0.2, 0.25) is 0 Å². The van der Waals surface area contributed by atoms with Gasteiger partial charge in [0.1, 0.15) is 0 Å². The minimum Gasteiger partial charge on any atom is -0.346 e. The van der Waals surface area contributed by atoms with Crippen molar-refractivity contribution in [1.82, 2.24) is 10.6 Å². The number of likely N-dealkylation sites (N-methyl/N-ethyl adjacent to an activating group) is 1. The first-order valence-electron chi connectivity index (χ1n) is 4.01. The van der Waals surface area contributed by atoms with Crippen LogP contribution in [0.1, 0.15) is 20.8 Å². The molecular formula is C9H18N2O. The lowest BCUT2D eigenvalue weighted by Gasteiger charge is -2.30. The minimum absolute atomic E-state index is 0.0317. The Morgan fingerprint density at radius 2 is 2.00 bits per heavy atom. The van der Waals surface area contributed by atoms with E-state index in [4.69, 9.17) is 0 Å². The largest absolute Gasteiger partial charge is 0.346 e. The molecule has 12 heavy (non-hydrogen) atoms. The summed E-state index contributed by atoms with van der Waals surface area (Å²) in [6.07, 6.45) is 0. The predicted molar refractivity (Wildman–Crippen MR) is 51.0 cm³/mol. The number of carbonyl (C=O) groups excluding carboxylic acids is 1. The van der Waals surface area contributed by atoms with Crippen LogP contribution in [-0.2, 0) is 4.79 Å². The second-order valence-corrected chi connectivity index (χ2v) is 3.32. The lowest BCUT2D eigenvalue weighted by atomic mass is 9.94. The molecular weight excluding hydrogens is 152 g/mol. The average molecular weight is 170 g/mol. The molecule has 0 saturated carbocycles. The average Bonchev–Trinajstić information content (AvgIpc) is 1.85. The third kappa shape index (κ3) is 3.05. The molecule has 0 aliphatic rings. The maximum atomic E-state index is 10.9. The van der Waals surface area contributed by atoms with Crippen molar-refractivity contribution in [2.75, 3.05) is 13.6 Å². The van der Waals surface area contributed by atoms with Crippen molar-refractivity contribution in [3.63, 3.8) is 0 Å². The first-order chi connectivity index (χ1) is 5.42. The van der Waals surface area contributed by atoms with E-state index in [1.807, 2.05) is 20.9 Å². The van der Waals surface area contributed by atoms with E-state index in [1.165, 1.54) is 6.92 Å². The highest BCUT2D eigenvalue weighted by atomic mass is 16.1. The second kappa shape index (κ2) is 4.26. The molecule has 1 unspecified atom stereocenters. The third-order valence-corrected chi connectivity index (χ3v) is 1.92. The van der Waals surface area contributed by atoms with Crippen LogP contribution in [-0.4, -0.2) is 25.0 Å². The molecule has 70 valence electrons. The Morgan fingerprint density at radius 3 is 2.25 bits per heavy atom. The zero-order valence-corrected chi connectivity index (χ0v) is 8.32. The van der Waals surface area contributed by atoms with Crippen LogP contribution < -0.4 is 10.6 Å². The van der Waals surface area contributed by atoms with Crippen LogP contribution >= 0.6 is 0 Å². The molecule has 0 heterocycles. The minimum atomic E-state index is -0.333. The number of rotatable bonds is 4. The number of nitrogens with one attached hydrogen (secondary N) is 2. The highest BCUT2D eigenvalue weighted by Gasteiger charge is 2.24. The van der Waals surface area contributed by atoms with Crippen LogP contribution in [0, 0.1) is 0 Å². The van der Waals surface area contributed by atoms with Gasteiger partial charge in [-0.2, -0.15) is 0 Å². The standard InChI is InChI=1S/C9H18N2O/c1-7(2)9(4,6-10-5)11-8(3)12/h10H,1,6H2,2-5H3,(H,11,12). The van der Waals surface area contributed by atoms with Crippen LogP contribution in [0.15, 0.2) is 12.2 Å². The first kappa shape index (κ1) is 11.2. The van der Waals surface area contributed by atoms with E-state index in [9.17, 15) is 4.79 Å². The highest BCUT2D eigenvalue weighted by molar-refractivity contribution is 5.74. The molecule has 2 N–H and O–H groups in total. The van der Waals surface area contributed by atoms with Crippen molar-refractivity contribution in [2.45, 2.75) is 26.3 Å². The fourth-order valence-corrected chi connectivity index (χ4v) is 1.04. The molecule has 0 aromatic rings. The van der Waals surface area contributed by atoms with Gasteiger partial charge in [0.15, 0.2) is 0 Å². The summed E-state index contributed by atoms with van der Waals surface area (Å²) in [4.78, 5) is 10.9. The number of hydrogen-bond donors (Lipinski definition) is 2. The Bertz CT molecular complexity index is 189. The molecule has 0 fully saturated rings. The molecule has 0 aliphatic carbocycles. The molecule has 0 aliphatic heterocycles. The summed E-state index contributed by atoms with van der Waals surface area (Å²) in [6, 6.07) is 0. The molecule has 3 nitrogen and oxygen atoms in total. The SMILES string of the molecule is C=C(C)C(C)(CNC)NC(C)=O. The van der Waals surface area contributed by atoms with Gasteiger partial charge in [0, 0.05) is 13.5 Å². The van der Waals surface area contributed by atoms with Gasteiger partial charge in [-0.3, -0.25) is 4.79 Å². The summed E-state index contributed by atoms with van der Waals surface area (Å²) in [5.74, 6) is -0.0317. The molecule has 3 heteroatoms. The molecule has 1 atom stereocenters. The molecule has 0 bridgehead atoms. The summed E-state index contributed by atoms with van der Waals surface area (Å²) in [7, 11) is 1.85. The molecule has 0 aromatic heterocycles. The van der Waals surface area contributed by atoms with Crippen molar-refractivity contribution in [3.8, 4) is 0 Å². The van der Waals surface area contributed by atoms with Crippen molar-refractivity contribution in [1.29, 1.82) is 0 Å². The Balaban J connectivity index is 4.38. The van der Waals surface area contributed by atoms with E-state index >= 15 is 0 Å². The van der Waals surface area contributed by atoms with Crippen molar-refractivity contribution in [2.24, 2.45) is 0 Å². The zero-order valence-electron chi connectivity index (χ0n) is 8.32. The van der Waals surface area contributed by atoms with Gasteiger partial charge in [-0.1, -0.05) is 12.2 Å². The van der Waals surface area contributed by atoms with Crippen molar-refractivity contribution < 1.29 is 4.79 Å². The maximum Gasteiger partial charge on any atom is 0.217 e. The van der Waals surface area contributed by atoms with Crippen molar-refractivity contribution in [3.05, 3.63) is 12.2 Å². The van der Waals surface area contributed by atoms with Gasteiger partial charge < -0.3 is 10.6 Å². The quantitative estimate of drug-likeness (QED) is 0.609. The summed E-state index contributed by atoms with van der Waals surface area (Å²) >= 11 is 0. The van der Waals surface area contributed by atoms with Gasteiger partial charge in [-0.05, 0) is 20.9 Å². The Hall–Kier alpha value is -0.830. The Kier molecular flexibility index (Phi) is 3.96. The summed E-state index contributed by atoms with van der Waals surface area (Å²) in [5.41, 5.74) is 0.618. The van der Waals surface area contributed by atoms with Gasteiger partial charge in [-0.25, -0.2) is 0 Å². The molecule has 0 radical (unpaired) electrons. The lowest BCUT2D eigenvalue weighted by Crippen LogP contribution is -2.52. The summed E-state index contributed by atoms with van der Waals surface area (Å²) in [5, 5.41) is 5.88. The first-order valence-corrected chi connectivity index (χ1v) is 4.01. The number of amides is 1. The van der Waals surface area contributed by atoms with E-state index in [0.29, 0.717) is 6.54 Å². The fourth-order valence-electron chi connectivity index (χ4n) is 1.04. The van der Waals surface area contributed by atoms with E-state index in [0.717, 1.165) is 5.57 Å². The molecule has 1 amide bonds. The molecule has 0 rings (SSSR count). The van der Waals surface area contributed by atoms with E-state index in [-0.39, 0.29) is 11.4 Å². The molecule has 0 aromatic carbocycles. The maximum absolute atomic E-state index is 10.9. The zero-order chi connectivity index (χ0) is 9.78. The molecule has 0 spiro atoms. The summed E-state index contributed by atoms with van der Waals surface area (Å²) in [6.45, 7) is 9.91. The van der Waals surface area contributed by atoms with Crippen LogP contribution in [0.5, 0.6) is 0 Å². The predicted octanol–water partition coefficient (Wildman–Crippen LogP) is 0.677. The smallest absolute Gasteiger partial charge is 0.217 e. The number of carbonyl (C=O) groups is 1. The van der Waals surface area contributed by atoms with Gasteiger partial charge in [0.25, 0.3) is 0 Å². The second-order valence-electron chi connectivity index (χ2n) is 3.32. The van der Waals surface area contributed by atoms with Crippen molar-refractivity contribution >= 4 is 5.91 Å².